The van der Waals surface area contributed by atoms with E-state index in [4.69, 9.17) is 4.74 Å². The van der Waals surface area contributed by atoms with Crippen molar-refractivity contribution in [1.29, 1.82) is 0 Å². The second-order valence-corrected chi connectivity index (χ2v) is 11.2. The predicted octanol–water partition coefficient (Wildman–Crippen LogP) is 2.04. The molecule has 0 bridgehead atoms. The van der Waals surface area contributed by atoms with Crippen molar-refractivity contribution in [2.45, 2.75) is 24.7 Å². The van der Waals surface area contributed by atoms with E-state index in [0.717, 1.165) is 12.8 Å². The number of ether oxygens (including phenoxy) is 1. The van der Waals surface area contributed by atoms with Crippen molar-refractivity contribution in [2.24, 2.45) is 0 Å². The predicted molar refractivity (Wildman–Crippen MR) is 122 cm³/mol. The smallest absolute Gasteiger partial charge is 0.251 e. The highest BCUT2D eigenvalue weighted by molar-refractivity contribution is 7.92. The number of nitrogens with zero attached hydrogens (tertiary/aromatic N) is 1. The van der Waals surface area contributed by atoms with Gasteiger partial charge in [0.15, 0.2) is 0 Å². The van der Waals surface area contributed by atoms with Gasteiger partial charge >= 0.3 is 0 Å². The Balaban J connectivity index is 1.45. The Bertz CT molecular complexity index is 1130. The number of benzene rings is 2. The Labute approximate surface area is 188 Å². The Morgan fingerprint density at radius 1 is 0.969 bits per heavy atom. The maximum absolute atomic E-state index is 12.5. The number of anilines is 1. The summed E-state index contributed by atoms with van der Waals surface area (Å²) in [6, 6.07) is 12.4. The average Bonchev–Trinajstić information content (AvgIpc) is 3.33. The molecule has 0 aliphatic carbocycles. The van der Waals surface area contributed by atoms with E-state index in [1.54, 1.807) is 12.1 Å². The summed E-state index contributed by atoms with van der Waals surface area (Å²) in [6.07, 6.45) is 1.77. The van der Waals surface area contributed by atoms with Crippen molar-refractivity contribution in [1.82, 2.24) is 9.62 Å². The van der Waals surface area contributed by atoms with Gasteiger partial charge in [-0.1, -0.05) is 0 Å². The molecule has 0 spiro atoms. The summed E-state index contributed by atoms with van der Waals surface area (Å²) >= 11 is 0. The second kappa shape index (κ2) is 10.3. The van der Waals surface area contributed by atoms with Crippen LogP contribution in [-0.4, -0.2) is 59.0 Å². The summed E-state index contributed by atoms with van der Waals surface area (Å²) in [5.74, 6) is 0.157. The topological polar surface area (TPSA) is 122 Å². The van der Waals surface area contributed by atoms with Gasteiger partial charge in [0.05, 0.1) is 17.2 Å². The van der Waals surface area contributed by atoms with Crippen LogP contribution in [0.15, 0.2) is 53.4 Å². The number of nitrogens with one attached hydrogen (secondary N) is 2. The van der Waals surface area contributed by atoms with Crippen LogP contribution in [0, 0.1) is 0 Å². The van der Waals surface area contributed by atoms with Crippen LogP contribution in [-0.2, 0) is 20.0 Å². The largest absolute Gasteiger partial charge is 0.492 e. The zero-order valence-electron chi connectivity index (χ0n) is 17.8. The summed E-state index contributed by atoms with van der Waals surface area (Å²) in [4.78, 5) is 12.5. The van der Waals surface area contributed by atoms with Crippen molar-refractivity contribution in [3.05, 3.63) is 54.1 Å². The Morgan fingerprint density at radius 3 is 2.19 bits per heavy atom. The molecule has 2 N–H and O–H groups in total. The molecule has 1 fully saturated rings. The van der Waals surface area contributed by atoms with Crippen LogP contribution >= 0.6 is 0 Å². The Kier molecular flexibility index (Phi) is 7.75. The van der Waals surface area contributed by atoms with Gasteiger partial charge in [0, 0.05) is 24.3 Å². The van der Waals surface area contributed by atoms with Crippen LogP contribution in [0.3, 0.4) is 0 Å². The summed E-state index contributed by atoms with van der Waals surface area (Å²) < 4.78 is 57.7. The van der Waals surface area contributed by atoms with E-state index in [0.29, 0.717) is 30.1 Å². The third kappa shape index (κ3) is 6.21. The fraction of sp³-hybridized carbons (Fsp3) is 0.381. The van der Waals surface area contributed by atoms with Crippen molar-refractivity contribution in [3.8, 4) is 5.75 Å². The van der Waals surface area contributed by atoms with Gasteiger partial charge in [0.1, 0.15) is 12.4 Å². The molecule has 1 aliphatic heterocycles. The van der Waals surface area contributed by atoms with E-state index in [1.165, 1.54) is 47.6 Å². The molecule has 0 unspecified atom stereocenters. The van der Waals surface area contributed by atoms with E-state index >= 15 is 0 Å². The SMILES string of the molecule is CCS(=O)(=O)Nc1ccc(C(=O)NCCOc2ccc(S(=O)(=O)N3CCCC3)cc2)cc1. The van der Waals surface area contributed by atoms with Crippen molar-refractivity contribution < 1.29 is 26.4 Å². The molecule has 3 rings (SSSR count). The number of sulfonamides is 2. The van der Waals surface area contributed by atoms with Gasteiger partial charge in [-0.15, -0.1) is 0 Å². The third-order valence-electron chi connectivity index (χ3n) is 4.98. The number of hydrogen-bond donors (Lipinski definition) is 2. The molecular formula is C21H27N3O6S2. The number of rotatable bonds is 10. The molecule has 1 aliphatic rings. The summed E-state index contributed by atoms with van der Waals surface area (Å²) in [6.45, 7) is 3.10. The van der Waals surface area contributed by atoms with E-state index in [2.05, 4.69) is 10.0 Å². The first-order valence-corrected chi connectivity index (χ1v) is 13.4. The number of carbonyl (C=O) groups excluding carboxylic acids is 1. The normalized spacial score (nSPS) is 14.8. The molecule has 0 atom stereocenters. The highest BCUT2D eigenvalue weighted by atomic mass is 32.2. The average molecular weight is 482 g/mol. The minimum Gasteiger partial charge on any atom is -0.492 e. The molecule has 2 aromatic carbocycles. The molecule has 1 saturated heterocycles. The lowest BCUT2D eigenvalue weighted by atomic mass is 10.2. The molecule has 9 nitrogen and oxygen atoms in total. The maximum atomic E-state index is 12.5. The fourth-order valence-corrected chi connectivity index (χ4v) is 5.32. The lowest BCUT2D eigenvalue weighted by Gasteiger charge is -2.15. The van der Waals surface area contributed by atoms with Crippen LogP contribution in [0.2, 0.25) is 0 Å². The zero-order chi connectivity index (χ0) is 23.2. The van der Waals surface area contributed by atoms with Gasteiger partial charge in [-0.25, -0.2) is 16.8 Å². The fourth-order valence-electron chi connectivity index (χ4n) is 3.16. The quantitative estimate of drug-likeness (QED) is 0.501. The van der Waals surface area contributed by atoms with Crippen LogP contribution in [0.1, 0.15) is 30.1 Å². The molecule has 11 heteroatoms. The number of hydrogen-bond acceptors (Lipinski definition) is 6. The van der Waals surface area contributed by atoms with Gasteiger partial charge in [-0.05, 0) is 68.3 Å². The second-order valence-electron chi connectivity index (χ2n) is 7.27. The van der Waals surface area contributed by atoms with E-state index in [9.17, 15) is 21.6 Å². The monoisotopic (exact) mass is 481 g/mol. The highest BCUT2D eigenvalue weighted by Crippen LogP contribution is 2.22. The van der Waals surface area contributed by atoms with Crippen LogP contribution in [0.4, 0.5) is 5.69 Å². The lowest BCUT2D eigenvalue weighted by Crippen LogP contribution is -2.28. The van der Waals surface area contributed by atoms with Gasteiger partial charge in [0.25, 0.3) is 5.91 Å². The van der Waals surface area contributed by atoms with E-state index in [1.807, 2.05) is 0 Å². The first-order chi connectivity index (χ1) is 15.2. The molecule has 0 radical (unpaired) electrons. The van der Waals surface area contributed by atoms with Crippen molar-refractivity contribution in [3.63, 3.8) is 0 Å². The standard InChI is InChI=1S/C21H27N3O6S2/c1-2-31(26,27)23-18-7-5-17(6-8-18)21(25)22-13-16-30-19-9-11-20(12-10-19)32(28,29)24-14-3-4-15-24/h5-12,23H,2-4,13-16H2,1H3,(H,22,25). The van der Waals surface area contributed by atoms with Crippen LogP contribution in [0.5, 0.6) is 5.75 Å². The number of amides is 1. The molecule has 0 saturated carbocycles. The highest BCUT2D eigenvalue weighted by Gasteiger charge is 2.26. The lowest BCUT2D eigenvalue weighted by molar-refractivity contribution is 0.0947. The van der Waals surface area contributed by atoms with Gasteiger partial charge in [-0.2, -0.15) is 4.31 Å². The summed E-state index contributed by atoms with van der Waals surface area (Å²) in [5.41, 5.74) is 0.780. The Hall–Kier alpha value is -2.63. The molecular weight excluding hydrogens is 454 g/mol. The van der Waals surface area contributed by atoms with Gasteiger partial charge in [-0.3, -0.25) is 9.52 Å². The van der Waals surface area contributed by atoms with Gasteiger partial charge in [0.2, 0.25) is 20.0 Å². The first-order valence-electron chi connectivity index (χ1n) is 10.3. The summed E-state index contributed by atoms with van der Waals surface area (Å²) in [7, 11) is -6.82. The molecule has 1 heterocycles. The van der Waals surface area contributed by atoms with E-state index < -0.39 is 20.0 Å². The molecule has 1 amide bonds. The Morgan fingerprint density at radius 2 is 1.59 bits per heavy atom. The van der Waals surface area contributed by atoms with Gasteiger partial charge < -0.3 is 10.1 Å². The first kappa shape index (κ1) is 24.0. The van der Waals surface area contributed by atoms with Crippen molar-refractivity contribution >= 4 is 31.6 Å². The minimum absolute atomic E-state index is 0.0355. The molecule has 174 valence electrons. The molecule has 2 aromatic rings. The number of carbonyl (C=O) groups is 1. The van der Waals surface area contributed by atoms with E-state index in [-0.39, 0.29) is 29.7 Å². The van der Waals surface area contributed by atoms with Crippen molar-refractivity contribution in [2.75, 3.05) is 36.7 Å². The zero-order valence-corrected chi connectivity index (χ0v) is 19.4. The molecule has 32 heavy (non-hydrogen) atoms. The van der Waals surface area contributed by atoms with Crippen LogP contribution in [0.25, 0.3) is 0 Å². The minimum atomic E-state index is -3.45. The maximum Gasteiger partial charge on any atom is 0.251 e. The summed E-state index contributed by atoms with van der Waals surface area (Å²) in [5, 5.41) is 2.72. The molecule has 0 aromatic heterocycles. The van der Waals surface area contributed by atoms with Crippen LogP contribution < -0.4 is 14.8 Å². The third-order valence-corrected chi connectivity index (χ3v) is 8.20.